The van der Waals surface area contributed by atoms with Gasteiger partial charge in [0.05, 0.1) is 0 Å². The van der Waals surface area contributed by atoms with Gasteiger partial charge in [0.1, 0.15) is 0 Å². The Hall–Kier alpha value is -1.01. The molecule has 3 nitrogen and oxygen atoms in total. The lowest BCUT2D eigenvalue weighted by atomic mass is 9.52. The minimum absolute atomic E-state index is 0.0558. The monoisotopic (exact) mass is 272 g/mol. The lowest BCUT2D eigenvalue weighted by Gasteiger charge is -2.52. The van der Waals surface area contributed by atoms with E-state index in [4.69, 9.17) is 0 Å². The number of rotatable bonds is 0. The molecule has 1 amide bonds. The van der Waals surface area contributed by atoms with Crippen molar-refractivity contribution in [2.24, 2.45) is 29.6 Å². The van der Waals surface area contributed by atoms with Gasteiger partial charge in [-0.2, -0.15) is 0 Å². The Morgan fingerprint density at radius 1 is 0.950 bits per heavy atom. The van der Waals surface area contributed by atoms with Gasteiger partial charge >= 0.3 is 0 Å². The number of piperazine rings is 1. The Kier molecular flexibility index (Phi) is 3.22. The fourth-order valence-corrected chi connectivity index (χ4v) is 5.25. The Balaban J connectivity index is 1.44. The van der Waals surface area contributed by atoms with Gasteiger partial charge in [0.25, 0.3) is 5.91 Å². The van der Waals surface area contributed by atoms with E-state index in [-0.39, 0.29) is 5.91 Å². The van der Waals surface area contributed by atoms with E-state index in [0.717, 1.165) is 49.9 Å². The van der Waals surface area contributed by atoms with Crippen molar-refractivity contribution in [2.45, 2.75) is 32.1 Å². The summed E-state index contributed by atoms with van der Waals surface area (Å²) in [5.41, 5.74) is 0. The molecule has 1 N–H and O–H groups in total. The summed E-state index contributed by atoms with van der Waals surface area (Å²) < 4.78 is 0. The van der Waals surface area contributed by atoms with Crippen LogP contribution >= 0.6 is 0 Å². The van der Waals surface area contributed by atoms with Gasteiger partial charge in [-0.1, -0.05) is 5.92 Å². The van der Waals surface area contributed by atoms with Crippen LogP contribution in [0.5, 0.6) is 0 Å². The topological polar surface area (TPSA) is 32.3 Å². The van der Waals surface area contributed by atoms with Gasteiger partial charge in [-0.3, -0.25) is 4.79 Å². The first-order chi connectivity index (χ1) is 9.79. The summed E-state index contributed by atoms with van der Waals surface area (Å²) in [4.78, 5) is 14.1. The fourth-order valence-electron chi connectivity index (χ4n) is 5.25. The zero-order valence-corrected chi connectivity index (χ0v) is 12.1. The van der Waals surface area contributed by atoms with Gasteiger partial charge in [-0.15, -0.1) is 0 Å². The van der Waals surface area contributed by atoms with Gasteiger partial charge in [0.2, 0.25) is 0 Å². The minimum atomic E-state index is 0.0558. The smallest absolute Gasteiger partial charge is 0.298 e. The number of amides is 1. The minimum Gasteiger partial charge on any atom is -0.329 e. The van der Waals surface area contributed by atoms with Crippen LogP contribution in [0.15, 0.2) is 0 Å². The number of nitrogens with zero attached hydrogens (tertiary/aromatic N) is 1. The molecule has 0 atom stereocenters. The van der Waals surface area contributed by atoms with Crippen molar-refractivity contribution < 1.29 is 4.79 Å². The van der Waals surface area contributed by atoms with Crippen LogP contribution in [0.25, 0.3) is 0 Å². The second-order valence-corrected chi connectivity index (χ2v) is 7.27. The molecule has 4 saturated carbocycles. The first-order valence-corrected chi connectivity index (χ1v) is 8.31. The van der Waals surface area contributed by atoms with E-state index in [1.807, 2.05) is 4.90 Å². The van der Waals surface area contributed by atoms with Gasteiger partial charge < -0.3 is 10.2 Å². The Labute approximate surface area is 121 Å². The summed E-state index contributed by atoms with van der Waals surface area (Å²) >= 11 is 0. The van der Waals surface area contributed by atoms with Gasteiger partial charge in [-0.05, 0) is 61.7 Å². The SMILES string of the molecule is O=C(C#CC1C2CC3CC(C2)CC1C3)N1CCNCC1. The van der Waals surface area contributed by atoms with Crippen molar-refractivity contribution in [3.63, 3.8) is 0 Å². The summed E-state index contributed by atoms with van der Waals surface area (Å²) in [5, 5.41) is 3.28. The summed E-state index contributed by atoms with van der Waals surface area (Å²) in [6, 6.07) is 0. The van der Waals surface area contributed by atoms with Crippen LogP contribution in [0.2, 0.25) is 0 Å². The molecule has 0 aromatic carbocycles. The van der Waals surface area contributed by atoms with Crippen molar-refractivity contribution in [3.05, 3.63) is 0 Å². The van der Waals surface area contributed by atoms with Crippen molar-refractivity contribution in [3.8, 4) is 11.8 Å². The fraction of sp³-hybridized carbons (Fsp3) is 0.824. The predicted octanol–water partition coefficient (Wildman–Crippen LogP) is 1.49. The third-order valence-electron chi connectivity index (χ3n) is 5.98. The van der Waals surface area contributed by atoms with E-state index < -0.39 is 0 Å². The van der Waals surface area contributed by atoms with Gasteiger partial charge in [0, 0.05) is 32.1 Å². The van der Waals surface area contributed by atoms with E-state index in [1.165, 1.54) is 32.1 Å². The third kappa shape index (κ3) is 2.24. The highest BCUT2D eigenvalue weighted by Gasteiger charge is 2.47. The van der Waals surface area contributed by atoms with Crippen LogP contribution < -0.4 is 5.32 Å². The largest absolute Gasteiger partial charge is 0.329 e. The molecule has 5 aliphatic rings. The first-order valence-electron chi connectivity index (χ1n) is 8.31. The highest BCUT2D eigenvalue weighted by atomic mass is 16.2. The molecule has 4 bridgehead atoms. The Morgan fingerprint density at radius 3 is 2.15 bits per heavy atom. The van der Waals surface area contributed by atoms with E-state index >= 15 is 0 Å². The Bertz CT molecular complexity index is 427. The van der Waals surface area contributed by atoms with Crippen molar-refractivity contribution >= 4 is 5.91 Å². The molecule has 1 heterocycles. The zero-order chi connectivity index (χ0) is 13.5. The molecule has 5 fully saturated rings. The average Bonchev–Trinajstić information content (AvgIpc) is 2.46. The van der Waals surface area contributed by atoms with E-state index in [2.05, 4.69) is 17.2 Å². The number of hydrogen-bond acceptors (Lipinski definition) is 2. The molecule has 5 rings (SSSR count). The lowest BCUT2D eigenvalue weighted by Crippen LogP contribution is -2.46. The molecule has 3 heteroatoms. The van der Waals surface area contributed by atoms with E-state index in [9.17, 15) is 4.79 Å². The number of hydrogen-bond donors (Lipinski definition) is 1. The van der Waals surface area contributed by atoms with Crippen LogP contribution in [-0.2, 0) is 4.79 Å². The quantitative estimate of drug-likeness (QED) is 0.678. The molecule has 0 unspecified atom stereocenters. The van der Waals surface area contributed by atoms with E-state index in [1.54, 1.807) is 0 Å². The molecule has 0 radical (unpaired) electrons. The lowest BCUT2D eigenvalue weighted by molar-refractivity contribution is -0.125. The maximum Gasteiger partial charge on any atom is 0.298 e. The predicted molar refractivity (Wildman–Crippen MR) is 77.8 cm³/mol. The number of carbonyl (C=O) groups is 1. The molecule has 20 heavy (non-hydrogen) atoms. The van der Waals surface area contributed by atoms with Crippen LogP contribution in [0.1, 0.15) is 32.1 Å². The van der Waals surface area contributed by atoms with Crippen LogP contribution in [0, 0.1) is 41.4 Å². The number of carbonyl (C=O) groups excluding carboxylic acids is 1. The van der Waals surface area contributed by atoms with Crippen molar-refractivity contribution in [2.75, 3.05) is 26.2 Å². The molecule has 1 aliphatic heterocycles. The van der Waals surface area contributed by atoms with Crippen LogP contribution in [0.4, 0.5) is 0 Å². The summed E-state index contributed by atoms with van der Waals surface area (Å²) in [5.74, 6) is 10.5. The van der Waals surface area contributed by atoms with Crippen molar-refractivity contribution in [1.82, 2.24) is 10.2 Å². The number of nitrogens with one attached hydrogen (secondary N) is 1. The molecule has 0 aromatic rings. The van der Waals surface area contributed by atoms with Crippen LogP contribution in [0.3, 0.4) is 0 Å². The Morgan fingerprint density at radius 2 is 1.55 bits per heavy atom. The highest BCUT2D eigenvalue weighted by Crippen LogP contribution is 2.56. The molecule has 0 spiro atoms. The standard InChI is InChI=1S/C17H24N2O/c20-17(19-5-3-18-4-6-19)2-1-16-14-8-12-7-13(10-14)11-15(16)9-12/h12-16,18H,3-11H2. The summed E-state index contributed by atoms with van der Waals surface area (Å²) in [6.07, 6.45) is 7.01. The van der Waals surface area contributed by atoms with E-state index in [0.29, 0.717) is 5.92 Å². The van der Waals surface area contributed by atoms with Gasteiger partial charge in [-0.25, -0.2) is 0 Å². The van der Waals surface area contributed by atoms with Crippen LogP contribution in [-0.4, -0.2) is 37.0 Å². The third-order valence-corrected chi connectivity index (χ3v) is 5.98. The highest BCUT2D eigenvalue weighted by molar-refractivity contribution is 5.93. The average molecular weight is 272 g/mol. The molecule has 1 saturated heterocycles. The maximum absolute atomic E-state index is 12.2. The maximum atomic E-state index is 12.2. The van der Waals surface area contributed by atoms with Gasteiger partial charge in [0.15, 0.2) is 0 Å². The van der Waals surface area contributed by atoms with Crippen molar-refractivity contribution in [1.29, 1.82) is 0 Å². The summed E-state index contributed by atoms with van der Waals surface area (Å²) in [6.45, 7) is 3.45. The summed E-state index contributed by atoms with van der Waals surface area (Å²) in [7, 11) is 0. The molecular weight excluding hydrogens is 248 g/mol. The molecular formula is C17H24N2O. The second kappa shape index (κ2) is 5.07. The molecule has 4 aliphatic carbocycles. The second-order valence-electron chi connectivity index (χ2n) is 7.27. The zero-order valence-electron chi connectivity index (χ0n) is 12.1. The molecule has 108 valence electrons. The first kappa shape index (κ1) is 12.7. The molecule has 0 aromatic heterocycles. The normalized spacial score (nSPS) is 42.2.